The van der Waals surface area contributed by atoms with Gasteiger partial charge in [-0.1, -0.05) is 0 Å². The number of methoxy groups -OCH3 is 1. The quantitative estimate of drug-likeness (QED) is 0.496. The first-order valence-electron chi connectivity index (χ1n) is 10.9. The van der Waals surface area contributed by atoms with Gasteiger partial charge in [-0.25, -0.2) is 9.97 Å². The fourth-order valence-electron chi connectivity index (χ4n) is 3.92. The molecule has 1 saturated heterocycles. The molecule has 4 rings (SSSR count). The summed E-state index contributed by atoms with van der Waals surface area (Å²) in [6.07, 6.45) is 3.64. The van der Waals surface area contributed by atoms with Crippen LogP contribution in [-0.4, -0.2) is 72.1 Å². The van der Waals surface area contributed by atoms with Crippen molar-refractivity contribution in [1.82, 2.24) is 14.9 Å². The number of nitrogen functional groups attached to an aromatic ring is 1. The van der Waals surface area contributed by atoms with E-state index >= 15 is 0 Å². The number of aromatic nitrogens is 2. The lowest BCUT2D eigenvalue weighted by Crippen LogP contribution is -2.53. The van der Waals surface area contributed by atoms with E-state index in [1.54, 1.807) is 13.2 Å². The smallest absolute Gasteiger partial charge is 0.132 e. The van der Waals surface area contributed by atoms with Gasteiger partial charge in [0.25, 0.3) is 0 Å². The maximum atomic E-state index is 8.75. The number of nitrogens with two attached hydrogens (primary N) is 1. The van der Waals surface area contributed by atoms with Crippen molar-refractivity contribution in [3.63, 3.8) is 0 Å². The fraction of sp³-hybridized carbons (Fsp3) is 0.522. The molecule has 0 unspecified atom stereocenters. The van der Waals surface area contributed by atoms with E-state index in [1.165, 1.54) is 6.33 Å². The number of hydrogen-bond acceptors (Lipinski definition) is 8. The molecule has 1 aromatic carbocycles. The topological polar surface area (TPSA) is 101 Å². The lowest BCUT2D eigenvalue weighted by Gasteiger charge is -2.40. The van der Waals surface area contributed by atoms with E-state index in [9.17, 15) is 0 Å². The third-order valence-corrected chi connectivity index (χ3v) is 6.19. The second kappa shape index (κ2) is 8.80. The lowest BCUT2D eigenvalue weighted by atomic mass is 10.0. The van der Waals surface area contributed by atoms with Gasteiger partial charge >= 0.3 is 0 Å². The predicted octanol–water partition coefficient (Wildman–Crippen LogP) is 2.56. The normalized spacial score (nSPS) is 20.5. The first-order chi connectivity index (χ1) is 14.9. The minimum atomic E-state index is -0.0836. The van der Waals surface area contributed by atoms with Crippen molar-refractivity contribution in [1.29, 1.82) is 5.41 Å². The Morgan fingerprint density at radius 3 is 2.77 bits per heavy atom. The van der Waals surface area contributed by atoms with Crippen LogP contribution in [0.2, 0.25) is 0 Å². The van der Waals surface area contributed by atoms with Gasteiger partial charge in [0.15, 0.2) is 0 Å². The van der Waals surface area contributed by atoms with E-state index in [-0.39, 0.29) is 11.3 Å². The first kappa shape index (κ1) is 21.5. The predicted molar refractivity (Wildman–Crippen MR) is 122 cm³/mol. The van der Waals surface area contributed by atoms with Crippen LogP contribution in [0.4, 0.5) is 11.5 Å². The highest BCUT2D eigenvalue weighted by atomic mass is 16.5. The molecule has 1 saturated carbocycles. The molecular formula is C23H32N6O2. The SMILES string of the molecule is COCCN1CCN(c2cc(C(=N)c3cc(OC4(C)CC4)ccc3N)ncn2)C[C@H]1C. The average Bonchev–Trinajstić information content (AvgIpc) is 3.50. The number of ether oxygens (including phenoxy) is 2. The Morgan fingerprint density at radius 2 is 2.06 bits per heavy atom. The van der Waals surface area contributed by atoms with E-state index in [1.807, 2.05) is 18.2 Å². The molecule has 8 heteroatoms. The Balaban J connectivity index is 1.49. The van der Waals surface area contributed by atoms with Crippen molar-refractivity contribution in [3.05, 3.63) is 41.9 Å². The van der Waals surface area contributed by atoms with Crippen molar-refractivity contribution < 1.29 is 9.47 Å². The molecule has 2 aliphatic rings. The summed E-state index contributed by atoms with van der Waals surface area (Å²) in [6, 6.07) is 7.80. The highest BCUT2D eigenvalue weighted by Crippen LogP contribution is 2.40. The van der Waals surface area contributed by atoms with Crippen LogP contribution in [-0.2, 0) is 4.74 Å². The van der Waals surface area contributed by atoms with Crippen LogP contribution in [0.1, 0.15) is 37.9 Å². The zero-order valence-corrected chi connectivity index (χ0v) is 18.6. The van der Waals surface area contributed by atoms with Crippen LogP contribution in [0, 0.1) is 5.41 Å². The first-order valence-corrected chi connectivity index (χ1v) is 10.9. The van der Waals surface area contributed by atoms with E-state index < -0.39 is 0 Å². The molecule has 166 valence electrons. The Bertz CT molecular complexity index is 945. The van der Waals surface area contributed by atoms with Gasteiger partial charge in [0.2, 0.25) is 0 Å². The largest absolute Gasteiger partial charge is 0.488 e. The van der Waals surface area contributed by atoms with Crippen LogP contribution in [0.15, 0.2) is 30.6 Å². The van der Waals surface area contributed by atoms with Crippen LogP contribution in [0.5, 0.6) is 5.75 Å². The number of rotatable bonds is 8. The summed E-state index contributed by atoms with van der Waals surface area (Å²) in [6.45, 7) is 8.69. The van der Waals surface area contributed by atoms with Crippen molar-refractivity contribution in [2.24, 2.45) is 0 Å². The van der Waals surface area contributed by atoms with Gasteiger partial charge in [0, 0.05) is 56.6 Å². The van der Waals surface area contributed by atoms with Crippen LogP contribution in [0.3, 0.4) is 0 Å². The van der Waals surface area contributed by atoms with Crippen molar-refractivity contribution in [2.45, 2.75) is 38.3 Å². The molecule has 1 aliphatic carbocycles. The Morgan fingerprint density at radius 1 is 1.26 bits per heavy atom. The van der Waals surface area contributed by atoms with Gasteiger partial charge in [-0.3, -0.25) is 10.3 Å². The van der Waals surface area contributed by atoms with Crippen molar-refractivity contribution in [3.8, 4) is 5.75 Å². The molecule has 2 aromatic rings. The van der Waals surface area contributed by atoms with Crippen LogP contribution < -0.4 is 15.4 Å². The molecule has 31 heavy (non-hydrogen) atoms. The van der Waals surface area contributed by atoms with Gasteiger partial charge < -0.3 is 20.1 Å². The number of anilines is 2. The molecule has 2 fully saturated rings. The maximum Gasteiger partial charge on any atom is 0.132 e. The number of piperazine rings is 1. The summed E-state index contributed by atoms with van der Waals surface area (Å²) in [5, 5.41) is 8.75. The number of nitrogens with one attached hydrogen (secondary N) is 1. The summed E-state index contributed by atoms with van der Waals surface area (Å²) >= 11 is 0. The molecule has 1 aliphatic heterocycles. The minimum absolute atomic E-state index is 0.0836. The van der Waals surface area contributed by atoms with Gasteiger partial charge in [-0.2, -0.15) is 0 Å². The summed E-state index contributed by atoms with van der Waals surface area (Å²) in [5.74, 6) is 1.58. The molecule has 0 amide bonds. The molecule has 1 aromatic heterocycles. The number of nitrogens with zero attached hydrogens (tertiary/aromatic N) is 4. The fourth-order valence-corrected chi connectivity index (χ4v) is 3.92. The van der Waals surface area contributed by atoms with Gasteiger partial charge in [0.05, 0.1) is 18.0 Å². The van der Waals surface area contributed by atoms with Gasteiger partial charge in [-0.15, -0.1) is 0 Å². The molecule has 3 N–H and O–H groups in total. The Labute approximate surface area is 183 Å². The summed E-state index contributed by atoms with van der Waals surface area (Å²) in [4.78, 5) is 13.5. The van der Waals surface area contributed by atoms with Crippen molar-refractivity contribution in [2.75, 3.05) is 50.5 Å². The zero-order chi connectivity index (χ0) is 22.0. The molecule has 0 spiro atoms. The average molecular weight is 425 g/mol. The summed E-state index contributed by atoms with van der Waals surface area (Å²) in [5.41, 5.74) is 8.11. The maximum absolute atomic E-state index is 8.75. The van der Waals surface area contributed by atoms with Crippen LogP contribution in [0.25, 0.3) is 0 Å². The summed E-state index contributed by atoms with van der Waals surface area (Å²) in [7, 11) is 1.74. The summed E-state index contributed by atoms with van der Waals surface area (Å²) < 4.78 is 11.3. The van der Waals surface area contributed by atoms with Crippen LogP contribution >= 0.6 is 0 Å². The van der Waals surface area contributed by atoms with E-state index in [4.69, 9.17) is 20.6 Å². The van der Waals surface area contributed by atoms with E-state index in [0.29, 0.717) is 23.0 Å². The monoisotopic (exact) mass is 424 g/mol. The molecule has 8 nitrogen and oxygen atoms in total. The molecule has 1 atom stereocenters. The Hall–Kier alpha value is -2.71. The third-order valence-electron chi connectivity index (χ3n) is 6.19. The number of hydrogen-bond donors (Lipinski definition) is 2. The van der Waals surface area contributed by atoms with Gasteiger partial charge in [0.1, 0.15) is 23.5 Å². The molecular weight excluding hydrogens is 392 g/mol. The van der Waals surface area contributed by atoms with Gasteiger partial charge in [-0.05, 0) is 44.9 Å². The second-order valence-electron chi connectivity index (χ2n) is 8.76. The highest BCUT2D eigenvalue weighted by molar-refractivity contribution is 6.13. The lowest BCUT2D eigenvalue weighted by molar-refractivity contribution is 0.117. The molecule has 0 radical (unpaired) electrons. The number of benzene rings is 1. The zero-order valence-electron chi connectivity index (χ0n) is 18.6. The molecule has 0 bridgehead atoms. The standard InChI is InChI=1S/C23H32N6O2/c1-16-14-29(9-8-28(16)10-11-30-3)21-13-20(26-15-27-21)22(25)18-12-17(4-5-19(18)24)31-23(2)6-7-23/h4-5,12-13,15-16,25H,6-11,14,24H2,1-3H3/t16-/m1/s1. The van der Waals surface area contributed by atoms with E-state index in [0.717, 1.165) is 57.2 Å². The Kier molecular flexibility index (Phi) is 6.11. The van der Waals surface area contributed by atoms with Crippen molar-refractivity contribution >= 4 is 17.2 Å². The van der Waals surface area contributed by atoms with E-state index in [2.05, 4.69) is 33.6 Å². The second-order valence-corrected chi connectivity index (χ2v) is 8.76. The highest BCUT2D eigenvalue weighted by Gasteiger charge is 2.40. The third kappa shape index (κ3) is 4.97. The minimum Gasteiger partial charge on any atom is -0.488 e. The molecule has 2 heterocycles.